The molecule has 1 rings (SSSR count). The van der Waals surface area contributed by atoms with Gasteiger partial charge in [0.1, 0.15) is 5.82 Å². The lowest BCUT2D eigenvalue weighted by molar-refractivity contribution is -0.132. The average Bonchev–Trinajstić information content (AvgIpc) is 2.33. The fourth-order valence-electron chi connectivity index (χ4n) is 1.87. The van der Waals surface area contributed by atoms with Gasteiger partial charge in [-0.15, -0.1) is 0 Å². The number of carbonyl (C=O) groups is 1. The summed E-state index contributed by atoms with van der Waals surface area (Å²) in [5, 5.41) is 0. The summed E-state index contributed by atoms with van der Waals surface area (Å²) in [4.78, 5) is 15.9. The fraction of sp³-hybridized carbons (Fsp3) is 0.533. The fourth-order valence-corrected chi connectivity index (χ4v) is 1.87. The molecule has 0 radical (unpaired) electrons. The Hall–Kier alpha value is -1.46. The van der Waals surface area contributed by atoms with Gasteiger partial charge in [-0.3, -0.25) is 4.79 Å². The SMILES string of the molecule is CC(N)CC(=O)N(CCN(C)C)Cc1cccc(F)c1. The standard InChI is InChI=1S/C15H24FN3O/c1-12(17)9-15(20)19(8-7-18(2)3)11-13-5-4-6-14(16)10-13/h4-6,10,12H,7-9,11,17H2,1-3H3. The third-order valence-corrected chi connectivity index (χ3v) is 2.93. The van der Waals surface area contributed by atoms with Crippen LogP contribution in [0, 0.1) is 5.82 Å². The lowest BCUT2D eigenvalue weighted by atomic mass is 10.1. The number of likely N-dealkylation sites (N-methyl/N-ethyl adjacent to an activating group) is 1. The molecule has 0 aliphatic heterocycles. The van der Waals surface area contributed by atoms with Gasteiger partial charge in [-0.25, -0.2) is 4.39 Å². The molecular formula is C15H24FN3O. The highest BCUT2D eigenvalue weighted by Gasteiger charge is 2.15. The maximum Gasteiger partial charge on any atom is 0.224 e. The number of nitrogens with two attached hydrogens (primary N) is 1. The van der Waals surface area contributed by atoms with Gasteiger partial charge in [0.25, 0.3) is 0 Å². The molecule has 0 saturated heterocycles. The predicted molar refractivity (Wildman–Crippen MR) is 78.6 cm³/mol. The largest absolute Gasteiger partial charge is 0.337 e. The van der Waals surface area contributed by atoms with Gasteiger partial charge >= 0.3 is 0 Å². The minimum Gasteiger partial charge on any atom is -0.337 e. The number of carbonyl (C=O) groups excluding carboxylic acids is 1. The van der Waals surface area contributed by atoms with E-state index < -0.39 is 0 Å². The Morgan fingerprint density at radius 3 is 2.60 bits per heavy atom. The smallest absolute Gasteiger partial charge is 0.224 e. The third kappa shape index (κ3) is 6.12. The van der Waals surface area contributed by atoms with E-state index in [2.05, 4.69) is 0 Å². The molecule has 2 N–H and O–H groups in total. The highest BCUT2D eigenvalue weighted by atomic mass is 19.1. The number of benzene rings is 1. The zero-order valence-electron chi connectivity index (χ0n) is 12.5. The van der Waals surface area contributed by atoms with Gasteiger partial charge in [0, 0.05) is 32.1 Å². The second kappa shape index (κ2) is 7.97. The van der Waals surface area contributed by atoms with Crippen molar-refractivity contribution in [2.45, 2.75) is 25.9 Å². The van der Waals surface area contributed by atoms with Gasteiger partial charge in [0.15, 0.2) is 0 Å². The van der Waals surface area contributed by atoms with Crippen molar-refractivity contribution in [3.63, 3.8) is 0 Å². The van der Waals surface area contributed by atoms with Gasteiger partial charge in [0.2, 0.25) is 5.91 Å². The van der Waals surface area contributed by atoms with E-state index in [0.29, 0.717) is 19.5 Å². The van der Waals surface area contributed by atoms with Crippen molar-refractivity contribution >= 4 is 5.91 Å². The number of hydrogen-bond acceptors (Lipinski definition) is 3. The Morgan fingerprint density at radius 2 is 2.05 bits per heavy atom. The Morgan fingerprint density at radius 1 is 1.35 bits per heavy atom. The van der Waals surface area contributed by atoms with E-state index in [1.807, 2.05) is 32.0 Å². The van der Waals surface area contributed by atoms with Crippen LogP contribution in [0.25, 0.3) is 0 Å². The first-order chi connectivity index (χ1) is 9.38. The van der Waals surface area contributed by atoms with Crippen LogP contribution in [0.15, 0.2) is 24.3 Å². The summed E-state index contributed by atoms with van der Waals surface area (Å²) in [7, 11) is 3.91. The predicted octanol–water partition coefficient (Wildman–Crippen LogP) is 1.45. The van der Waals surface area contributed by atoms with Crippen LogP contribution in [0.3, 0.4) is 0 Å². The van der Waals surface area contributed by atoms with E-state index in [0.717, 1.165) is 12.1 Å². The third-order valence-electron chi connectivity index (χ3n) is 2.93. The molecule has 0 saturated carbocycles. The number of halogens is 1. The van der Waals surface area contributed by atoms with Gasteiger partial charge in [-0.05, 0) is 38.7 Å². The van der Waals surface area contributed by atoms with Crippen LogP contribution >= 0.6 is 0 Å². The highest BCUT2D eigenvalue weighted by Crippen LogP contribution is 2.09. The van der Waals surface area contributed by atoms with E-state index >= 15 is 0 Å². The van der Waals surface area contributed by atoms with E-state index in [-0.39, 0.29) is 17.8 Å². The van der Waals surface area contributed by atoms with E-state index in [1.54, 1.807) is 11.0 Å². The second-order valence-electron chi connectivity index (χ2n) is 5.43. The van der Waals surface area contributed by atoms with Crippen molar-refractivity contribution < 1.29 is 9.18 Å². The van der Waals surface area contributed by atoms with Crippen molar-refractivity contribution in [2.24, 2.45) is 5.73 Å². The summed E-state index contributed by atoms with van der Waals surface area (Å²) in [6.07, 6.45) is 0.308. The quantitative estimate of drug-likeness (QED) is 0.823. The molecule has 0 aliphatic carbocycles. The zero-order valence-corrected chi connectivity index (χ0v) is 12.5. The van der Waals surface area contributed by atoms with Gasteiger partial charge in [-0.2, -0.15) is 0 Å². The lowest BCUT2D eigenvalue weighted by Crippen LogP contribution is -2.38. The zero-order chi connectivity index (χ0) is 15.1. The van der Waals surface area contributed by atoms with Crippen LogP contribution in [0.2, 0.25) is 0 Å². The van der Waals surface area contributed by atoms with Crippen LogP contribution in [0.4, 0.5) is 4.39 Å². The molecular weight excluding hydrogens is 257 g/mol. The number of nitrogens with zero attached hydrogens (tertiary/aromatic N) is 2. The maximum absolute atomic E-state index is 13.2. The number of amides is 1. The van der Waals surface area contributed by atoms with Crippen LogP contribution in [-0.4, -0.2) is 48.9 Å². The second-order valence-corrected chi connectivity index (χ2v) is 5.43. The molecule has 1 amide bonds. The molecule has 1 unspecified atom stereocenters. The van der Waals surface area contributed by atoms with Gasteiger partial charge in [0.05, 0.1) is 0 Å². The first-order valence-corrected chi connectivity index (χ1v) is 6.81. The summed E-state index contributed by atoms with van der Waals surface area (Å²) in [5.41, 5.74) is 6.48. The molecule has 0 heterocycles. The number of rotatable bonds is 7. The van der Waals surface area contributed by atoms with Crippen molar-refractivity contribution in [1.29, 1.82) is 0 Å². The van der Waals surface area contributed by atoms with Crippen LogP contribution in [0.5, 0.6) is 0 Å². The van der Waals surface area contributed by atoms with Gasteiger partial charge in [-0.1, -0.05) is 12.1 Å². The van der Waals surface area contributed by atoms with E-state index in [1.165, 1.54) is 12.1 Å². The minimum absolute atomic E-state index is 0.00566. The average molecular weight is 281 g/mol. The van der Waals surface area contributed by atoms with Crippen LogP contribution < -0.4 is 5.73 Å². The minimum atomic E-state index is -0.283. The molecule has 1 aromatic rings. The molecule has 0 spiro atoms. The summed E-state index contributed by atoms with van der Waals surface area (Å²) < 4.78 is 13.2. The molecule has 20 heavy (non-hydrogen) atoms. The lowest BCUT2D eigenvalue weighted by Gasteiger charge is -2.25. The van der Waals surface area contributed by atoms with E-state index in [9.17, 15) is 9.18 Å². The molecule has 1 aromatic carbocycles. The molecule has 112 valence electrons. The first kappa shape index (κ1) is 16.6. The Kier molecular flexibility index (Phi) is 6.61. The monoisotopic (exact) mass is 281 g/mol. The summed E-state index contributed by atoms with van der Waals surface area (Å²) in [6.45, 7) is 3.59. The van der Waals surface area contributed by atoms with Gasteiger partial charge < -0.3 is 15.5 Å². The summed E-state index contributed by atoms with van der Waals surface area (Å²) in [5.74, 6) is -0.277. The van der Waals surface area contributed by atoms with Crippen LogP contribution in [-0.2, 0) is 11.3 Å². The Bertz CT molecular complexity index is 435. The Labute approximate surface area is 120 Å². The van der Waals surface area contributed by atoms with E-state index in [4.69, 9.17) is 5.73 Å². The van der Waals surface area contributed by atoms with Crippen molar-refractivity contribution in [3.05, 3.63) is 35.6 Å². The highest BCUT2D eigenvalue weighted by molar-refractivity contribution is 5.76. The topological polar surface area (TPSA) is 49.6 Å². The molecule has 0 fully saturated rings. The molecule has 0 aromatic heterocycles. The van der Waals surface area contributed by atoms with Crippen LogP contribution in [0.1, 0.15) is 18.9 Å². The Balaban J connectivity index is 2.73. The first-order valence-electron chi connectivity index (χ1n) is 6.81. The molecule has 0 bridgehead atoms. The molecule has 5 heteroatoms. The van der Waals surface area contributed by atoms with Crippen molar-refractivity contribution in [3.8, 4) is 0 Å². The number of hydrogen-bond donors (Lipinski definition) is 1. The van der Waals surface area contributed by atoms with Crippen molar-refractivity contribution in [2.75, 3.05) is 27.2 Å². The maximum atomic E-state index is 13.2. The molecule has 4 nitrogen and oxygen atoms in total. The normalized spacial score (nSPS) is 12.5. The molecule has 1 atom stereocenters. The summed E-state index contributed by atoms with van der Waals surface area (Å²) in [6, 6.07) is 6.17. The summed E-state index contributed by atoms with van der Waals surface area (Å²) >= 11 is 0. The molecule has 0 aliphatic rings. The van der Waals surface area contributed by atoms with Crippen molar-refractivity contribution in [1.82, 2.24) is 9.80 Å².